The Morgan fingerprint density at radius 3 is 2.97 bits per heavy atom. The Labute approximate surface area is 189 Å². The van der Waals surface area contributed by atoms with Crippen LogP contribution in [0.2, 0.25) is 0 Å². The quantitative estimate of drug-likeness (QED) is 0.342. The van der Waals surface area contributed by atoms with Gasteiger partial charge < -0.3 is 20.1 Å². The van der Waals surface area contributed by atoms with Gasteiger partial charge in [0.05, 0.1) is 24.6 Å². The van der Waals surface area contributed by atoms with Gasteiger partial charge in [-0.15, -0.1) is 6.58 Å². The Hall–Kier alpha value is -4.05. The average Bonchev–Trinajstić information content (AvgIpc) is 3.46. The highest BCUT2D eigenvalue weighted by Crippen LogP contribution is 2.32. The van der Waals surface area contributed by atoms with Crippen molar-refractivity contribution in [1.29, 1.82) is 0 Å². The standard InChI is InChI=1S/C22H19N7O2S/c1-2-7-23-22(32)28-20-6-4-16-21(27-20)26-17(10-24-16)15-9-25-29(12-15)11-14-3-5-18-19(8-14)31-13-30-18/h2-6,8-10,12H,1,7,11,13H2,(H2,23,26,27,28,32). The van der Waals surface area contributed by atoms with Crippen LogP contribution < -0.4 is 20.1 Å². The molecule has 0 saturated heterocycles. The number of fused-ring (bicyclic) bond motifs is 2. The molecule has 0 unspecified atom stereocenters. The Bertz CT molecular complexity index is 1320. The molecule has 2 N–H and O–H groups in total. The summed E-state index contributed by atoms with van der Waals surface area (Å²) in [6.07, 6.45) is 7.14. The van der Waals surface area contributed by atoms with Crippen LogP contribution in [0, 0.1) is 0 Å². The molecular weight excluding hydrogens is 426 g/mol. The second-order valence-corrected chi connectivity index (χ2v) is 7.44. The van der Waals surface area contributed by atoms with Gasteiger partial charge in [-0.05, 0) is 42.0 Å². The highest BCUT2D eigenvalue weighted by atomic mass is 32.1. The van der Waals surface area contributed by atoms with Crippen molar-refractivity contribution >= 4 is 34.3 Å². The first-order chi connectivity index (χ1) is 15.7. The second kappa shape index (κ2) is 8.60. The Morgan fingerprint density at radius 1 is 1.16 bits per heavy atom. The minimum absolute atomic E-state index is 0.258. The number of rotatable bonds is 6. The number of benzene rings is 1. The number of nitrogens with zero attached hydrogens (tertiary/aromatic N) is 5. The Balaban J connectivity index is 1.34. The SMILES string of the molecule is C=CCNC(=S)Nc1ccc2ncc(-c3cnn(Cc4ccc5c(c4)OCO5)c3)nc2n1. The summed E-state index contributed by atoms with van der Waals surface area (Å²) in [6, 6.07) is 9.53. The van der Waals surface area contributed by atoms with E-state index in [1.807, 2.05) is 41.2 Å². The number of hydrogen-bond donors (Lipinski definition) is 2. The van der Waals surface area contributed by atoms with Crippen molar-refractivity contribution in [1.82, 2.24) is 30.0 Å². The van der Waals surface area contributed by atoms with Crippen molar-refractivity contribution in [2.75, 3.05) is 18.7 Å². The minimum Gasteiger partial charge on any atom is -0.454 e. The lowest BCUT2D eigenvalue weighted by Crippen LogP contribution is -2.28. The van der Waals surface area contributed by atoms with Crippen LogP contribution in [0.25, 0.3) is 22.4 Å². The number of aromatic nitrogens is 5. The number of hydrogen-bond acceptors (Lipinski definition) is 7. The number of pyridine rings is 1. The number of nitrogens with one attached hydrogen (secondary N) is 2. The summed E-state index contributed by atoms with van der Waals surface area (Å²) in [5.41, 5.74) is 3.81. The normalized spacial score (nSPS) is 12.0. The molecule has 1 aliphatic heterocycles. The summed E-state index contributed by atoms with van der Waals surface area (Å²) in [5, 5.41) is 11.0. The fourth-order valence-electron chi connectivity index (χ4n) is 3.24. The summed E-state index contributed by atoms with van der Waals surface area (Å²) in [5.74, 6) is 2.11. The topological polar surface area (TPSA) is 99.0 Å². The van der Waals surface area contributed by atoms with Crippen LogP contribution in [0.5, 0.6) is 11.5 Å². The highest BCUT2D eigenvalue weighted by Gasteiger charge is 2.14. The molecule has 0 atom stereocenters. The van der Waals surface area contributed by atoms with E-state index in [1.165, 1.54) is 0 Å². The third-order valence-electron chi connectivity index (χ3n) is 4.77. The van der Waals surface area contributed by atoms with Crippen LogP contribution in [-0.4, -0.2) is 43.2 Å². The molecule has 1 aliphatic rings. The molecule has 9 nitrogen and oxygen atoms in total. The van der Waals surface area contributed by atoms with Crippen molar-refractivity contribution in [2.45, 2.75) is 6.54 Å². The van der Waals surface area contributed by atoms with E-state index in [-0.39, 0.29) is 6.79 Å². The summed E-state index contributed by atoms with van der Waals surface area (Å²) in [4.78, 5) is 13.7. The second-order valence-electron chi connectivity index (χ2n) is 7.03. The average molecular weight is 446 g/mol. The minimum atomic E-state index is 0.258. The van der Waals surface area contributed by atoms with Gasteiger partial charge in [-0.25, -0.2) is 9.97 Å². The van der Waals surface area contributed by atoms with E-state index in [4.69, 9.17) is 21.7 Å². The fourth-order valence-corrected chi connectivity index (χ4v) is 3.43. The molecule has 0 aliphatic carbocycles. The van der Waals surface area contributed by atoms with E-state index in [2.05, 4.69) is 37.3 Å². The van der Waals surface area contributed by atoms with E-state index in [0.717, 1.165) is 22.6 Å². The lowest BCUT2D eigenvalue weighted by Gasteiger charge is -2.08. The number of thiocarbonyl (C=S) groups is 1. The van der Waals surface area contributed by atoms with Crippen LogP contribution in [0.4, 0.5) is 5.82 Å². The highest BCUT2D eigenvalue weighted by molar-refractivity contribution is 7.80. The zero-order valence-electron chi connectivity index (χ0n) is 17.0. The third kappa shape index (κ3) is 4.21. The van der Waals surface area contributed by atoms with Crippen molar-refractivity contribution in [2.24, 2.45) is 0 Å². The Kier molecular flexibility index (Phi) is 5.34. The molecule has 1 aromatic carbocycles. The summed E-state index contributed by atoms with van der Waals surface area (Å²) in [6.45, 7) is 5.08. The molecule has 0 amide bonds. The predicted molar refractivity (Wildman–Crippen MR) is 125 cm³/mol. The van der Waals surface area contributed by atoms with Crippen LogP contribution in [0.1, 0.15) is 5.56 Å². The van der Waals surface area contributed by atoms with Crippen molar-refractivity contribution in [3.8, 4) is 22.8 Å². The van der Waals surface area contributed by atoms with Gasteiger partial charge in [0, 0.05) is 18.3 Å². The first kappa shape index (κ1) is 19.9. The fraction of sp³-hybridized carbons (Fsp3) is 0.136. The Morgan fingerprint density at radius 2 is 2.06 bits per heavy atom. The number of anilines is 1. The monoisotopic (exact) mass is 445 g/mol. The maximum Gasteiger partial charge on any atom is 0.231 e. The lowest BCUT2D eigenvalue weighted by atomic mass is 10.2. The molecule has 0 bridgehead atoms. The zero-order valence-corrected chi connectivity index (χ0v) is 17.8. The van der Waals surface area contributed by atoms with Crippen LogP contribution in [0.15, 0.2) is 61.6 Å². The summed E-state index contributed by atoms with van der Waals surface area (Å²) in [7, 11) is 0. The smallest absolute Gasteiger partial charge is 0.231 e. The lowest BCUT2D eigenvalue weighted by molar-refractivity contribution is 0.174. The largest absolute Gasteiger partial charge is 0.454 e. The molecule has 0 saturated carbocycles. The molecule has 3 aromatic heterocycles. The van der Waals surface area contributed by atoms with Gasteiger partial charge in [0.15, 0.2) is 22.3 Å². The predicted octanol–water partition coefficient (Wildman–Crippen LogP) is 3.14. The number of ether oxygens (including phenoxy) is 2. The molecule has 160 valence electrons. The maximum atomic E-state index is 5.45. The van der Waals surface area contributed by atoms with Gasteiger partial charge in [-0.2, -0.15) is 5.10 Å². The van der Waals surface area contributed by atoms with Crippen LogP contribution in [0.3, 0.4) is 0 Å². The maximum absolute atomic E-state index is 5.45. The van der Waals surface area contributed by atoms with Crippen molar-refractivity contribution in [3.63, 3.8) is 0 Å². The van der Waals surface area contributed by atoms with Gasteiger partial charge in [-0.1, -0.05) is 12.1 Å². The molecular formula is C22H19N7O2S. The molecule has 0 fully saturated rings. The van der Waals surface area contributed by atoms with E-state index in [0.29, 0.717) is 40.9 Å². The summed E-state index contributed by atoms with van der Waals surface area (Å²) >= 11 is 5.24. The van der Waals surface area contributed by atoms with E-state index < -0.39 is 0 Å². The molecule has 5 rings (SSSR count). The van der Waals surface area contributed by atoms with Crippen LogP contribution >= 0.6 is 12.2 Å². The first-order valence-electron chi connectivity index (χ1n) is 9.89. The van der Waals surface area contributed by atoms with E-state index in [9.17, 15) is 0 Å². The molecule has 32 heavy (non-hydrogen) atoms. The molecule has 0 radical (unpaired) electrons. The molecule has 10 heteroatoms. The van der Waals surface area contributed by atoms with Crippen molar-refractivity contribution < 1.29 is 9.47 Å². The van der Waals surface area contributed by atoms with Gasteiger partial charge >= 0.3 is 0 Å². The van der Waals surface area contributed by atoms with Gasteiger partial charge in [-0.3, -0.25) is 9.67 Å². The van der Waals surface area contributed by atoms with Gasteiger partial charge in [0.1, 0.15) is 11.3 Å². The van der Waals surface area contributed by atoms with Crippen molar-refractivity contribution in [3.05, 3.63) is 67.1 Å². The third-order valence-corrected chi connectivity index (χ3v) is 5.01. The van der Waals surface area contributed by atoms with E-state index >= 15 is 0 Å². The van der Waals surface area contributed by atoms with Gasteiger partial charge in [0.25, 0.3) is 0 Å². The van der Waals surface area contributed by atoms with E-state index in [1.54, 1.807) is 18.5 Å². The molecule has 4 heterocycles. The van der Waals surface area contributed by atoms with Crippen LogP contribution in [-0.2, 0) is 6.54 Å². The zero-order chi connectivity index (χ0) is 21.9. The molecule has 4 aromatic rings. The first-order valence-corrected chi connectivity index (χ1v) is 10.3. The summed E-state index contributed by atoms with van der Waals surface area (Å²) < 4.78 is 12.7. The molecule has 0 spiro atoms. The van der Waals surface area contributed by atoms with Gasteiger partial charge in [0.2, 0.25) is 6.79 Å².